The number of ether oxygens (including phenoxy) is 4. The van der Waals surface area contributed by atoms with Gasteiger partial charge in [-0.15, -0.1) is 0 Å². The average molecular weight is 408 g/mol. The average Bonchev–Trinajstić information content (AvgIpc) is 3.36. The van der Waals surface area contributed by atoms with E-state index in [2.05, 4.69) is 54.4 Å². The van der Waals surface area contributed by atoms with E-state index in [1.807, 2.05) is 12.1 Å². The topological polar surface area (TPSA) is 40.2 Å². The Kier molecular flexibility index (Phi) is 4.75. The fourth-order valence-electron chi connectivity index (χ4n) is 5.28. The van der Waals surface area contributed by atoms with Crippen LogP contribution in [0.1, 0.15) is 36.5 Å². The minimum absolute atomic E-state index is 0.0247. The molecule has 0 bridgehead atoms. The monoisotopic (exact) mass is 407 g/mol. The van der Waals surface area contributed by atoms with Gasteiger partial charge in [0.1, 0.15) is 6.10 Å². The van der Waals surface area contributed by atoms with E-state index >= 15 is 0 Å². The highest BCUT2D eigenvalue weighted by atomic mass is 16.7. The first-order chi connectivity index (χ1) is 14.6. The van der Waals surface area contributed by atoms with Crippen LogP contribution in [-0.2, 0) is 14.9 Å². The summed E-state index contributed by atoms with van der Waals surface area (Å²) in [5.41, 5.74) is 3.68. The Morgan fingerprint density at radius 2 is 1.77 bits per heavy atom. The smallest absolute Gasteiger partial charge is 0.190 e. The third-order valence-corrected chi connectivity index (χ3v) is 6.96. The van der Waals surface area contributed by atoms with E-state index in [-0.39, 0.29) is 11.5 Å². The molecule has 5 nitrogen and oxygen atoms in total. The Bertz CT molecular complexity index is 959. The van der Waals surface area contributed by atoms with E-state index in [1.54, 1.807) is 14.2 Å². The summed E-state index contributed by atoms with van der Waals surface area (Å²) in [5.74, 6) is 0.889. The minimum Gasteiger partial charge on any atom is -0.493 e. The molecule has 2 saturated heterocycles. The lowest BCUT2D eigenvalue weighted by Gasteiger charge is -2.41. The third-order valence-electron chi connectivity index (χ3n) is 6.96. The number of hydrogen-bond acceptors (Lipinski definition) is 5. The van der Waals surface area contributed by atoms with E-state index in [9.17, 15) is 0 Å². The number of allylic oxidation sites excluding steroid dienone is 1. The number of nitrogens with zero attached hydrogens (tertiary/aromatic N) is 1. The van der Waals surface area contributed by atoms with Gasteiger partial charge in [-0.3, -0.25) is 0 Å². The standard InChI is InChI=1S/C25H29NO4/c1-26-14-13-24(19-9-10-20(27-2)21(15-19)28-3)11-12-25(16-23(24)26)29-17-22(30-25)18-7-5-4-6-8-18/h4-10,15-16,22H,11-14,17H2,1-3H3/t22-,24-,25?/m0/s1. The second kappa shape index (κ2) is 7.33. The van der Waals surface area contributed by atoms with Crippen LogP contribution in [0.2, 0.25) is 0 Å². The van der Waals surface area contributed by atoms with Crippen LogP contribution in [0.3, 0.4) is 0 Å². The predicted molar refractivity (Wildman–Crippen MR) is 115 cm³/mol. The van der Waals surface area contributed by atoms with Gasteiger partial charge in [0.2, 0.25) is 0 Å². The lowest BCUT2D eigenvalue weighted by Crippen LogP contribution is -2.41. The predicted octanol–water partition coefficient (Wildman–Crippen LogP) is 4.44. The van der Waals surface area contributed by atoms with Crippen LogP contribution in [-0.4, -0.2) is 45.1 Å². The van der Waals surface area contributed by atoms with Crippen LogP contribution in [0.15, 0.2) is 60.3 Å². The first-order valence-electron chi connectivity index (χ1n) is 10.6. The van der Waals surface area contributed by atoms with Crippen LogP contribution in [0.5, 0.6) is 11.5 Å². The second-order valence-electron chi connectivity index (χ2n) is 8.49. The van der Waals surface area contributed by atoms with Crippen molar-refractivity contribution < 1.29 is 18.9 Å². The van der Waals surface area contributed by atoms with Crippen molar-refractivity contribution in [1.82, 2.24) is 4.90 Å². The molecule has 2 aliphatic heterocycles. The van der Waals surface area contributed by atoms with Gasteiger partial charge in [-0.1, -0.05) is 36.4 Å². The molecule has 1 spiro atoms. The summed E-state index contributed by atoms with van der Waals surface area (Å²) in [6.45, 7) is 1.60. The molecule has 0 N–H and O–H groups in total. The van der Waals surface area contributed by atoms with Gasteiger partial charge < -0.3 is 23.8 Å². The Morgan fingerprint density at radius 1 is 0.967 bits per heavy atom. The second-order valence-corrected chi connectivity index (χ2v) is 8.49. The fraction of sp³-hybridized carbons (Fsp3) is 0.440. The van der Waals surface area contributed by atoms with Crippen molar-refractivity contribution in [2.75, 3.05) is 34.4 Å². The first-order valence-corrected chi connectivity index (χ1v) is 10.6. The van der Waals surface area contributed by atoms with Gasteiger partial charge in [0.25, 0.3) is 0 Å². The molecule has 5 heteroatoms. The zero-order chi connectivity index (χ0) is 20.8. The fourth-order valence-corrected chi connectivity index (χ4v) is 5.28. The molecular weight excluding hydrogens is 378 g/mol. The van der Waals surface area contributed by atoms with Crippen LogP contribution in [0, 0.1) is 0 Å². The van der Waals surface area contributed by atoms with E-state index < -0.39 is 5.79 Å². The van der Waals surface area contributed by atoms with Gasteiger partial charge >= 0.3 is 0 Å². The summed E-state index contributed by atoms with van der Waals surface area (Å²) < 4.78 is 23.9. The van der Waals surface area contributed by atoms with Gasteiger partial charge in [0.05, 0.1) is 20.8 Å². The summed E-state index contributed by atoms with van der Waals surface area (Å²) >= 11 is 0. The van der Waals surface area contributed by atoms with Crippen molar-refractivity contribution in [2.24, 2.45) is 0 Å². The van der Waals surface area contributed by atoms with Crippen molar-refractivity contribution >= 4 is 0 Å². The number of methoxy groups -OCH3 is 2. The molecule has 3 aliphatic rings. The first kappa shape index (κ1) is 19.5. The van der Waals surface area contributed by atoms with E-state index in [0.29, 0.717) is 6.61 Å². The van der Waals surface area contributed by atoms with Gasteiger partial charge in [-0.05, 0) is 42.2 Å². The molecule has 0 amide bonds. The van der Waals surface area contributed by atoms with Gasteiger partial charge in [-0.25, -0.2) is 0 Å². The highest BCUT2D eigenvalue weighted by molar-refractivity contribution is 5.50. The van der Waals surface area contributed by atoms with Crippen LogP contribution in [0.4, 0.5) is 0 Å². The van der Waals surface area contributed by atoms with Crippen molar-refractivity contribution in [3.8, 4) is 11.5 Å². The Labute approximate surface area is 178 Å². The highest BCUT2D eigenvalue weighted by Gasteiger charge is 2.53. The van der Waals surface area contributed by atoms with Crippen molar-refractivity contribution in [3.05, 3.63) is 71.4 Å². The Balaban J connectivity index is 1.50. The van der Waals surface area contributed by atoms with Gasteiger partial charge in [-0.2, -0.15) is 0 Å². The Hall–Kier alpha value is -2.50. The molecule has 158 valence electrons. The van der Waals surface area contributed by atoms with E-state index in [4.69, 9.17) is 18.9 Å². The van der Waals surface area contributed by atoms with E-state index in [1.165, 1.54) is 16.8 Å². The summed E-state index contributed by atoms with van der Waals surface area (Å²) in [4.78, 5) is 2.35. The van der Waals surface area contributed by atoms with Crippen molar-refractivity contribution in [1.29, 1.82) is 0 Å². The number of benzene rings is 2. The van der Waals surface area contributed by atoms with Crippen molar-refractivity contribution in [3.63, 3.8) is 0 Å². The normalized spacial score (nSPS) is 30.3. The summed E-state index contributed by atoms with van der Waals surface area (Å²) in [5, 5.41) is 0. The summed E-state index contributed by atoms with van der Waals surface area (Å²) in [7, 11) is 5.53. The molecule has 1 aliphatic carbocycles. The van der Waals surface area contributed by atoms with Crippen LogP contribution >= 0.6 is 0 Å². The number of likely N-dealkylation sites (tertiary alicyclic amines) is 1. The lowest BCUT2D eigenvalue weighted by atomic mass is 9.69. The molecule has 2 aromatic carbocycles. The maximum Gasteiger partial charge on any atom is 0.190 e. The third kappa shape index (κ3) is 2.99. The quantitative estimate of drug-likeness (QED) is 0.749. The van der Waals surface area contributed by atoms with Crippen LogP contribution < -0.4 is 9.47 Å². The maximum atomic E-state index is 6.52. The van der Waals surface area contributed by atoms with Gasteiger partial charge in [0, 0.05) is 31.1 Å². The van der Waals surface area contributed by atoms with Gasteiger partial charge in [0.15, 0.2) is 17.3 Å². The Morgan fingerprint density at radius 3 is 2.53 bits per heavy atom. The SMILES string of the molecule is COc1ccc([C@]23CCN(C)C2=CC2(CC3)OC[C@@H](c3ccccc3)O2)cc1OC. The minimum atomic E-state index is -0.644. The number of rotatable bonds is 4. The molecule has 1 unspecified atom stereocenters. The molecule has 3 atom stereocenters. The largest absolute Gasteiger partial charge is 0.493 e. The molecular formula is C25H29NO4. The van der Waals surface area contributed by atoms with Crippen LogP contribution in [0.25, 0.3) is 0 Å². The lowest BCUT2D eigenvalue weighted by molar-refractivity contribution is -0.143. The molecule has 0 radical (unpaired) electrons. The number of fused-ring (bicyclic) bond motifs is 1. The highest BCUT2D eigenvalue weighted by Crippen LogP contribution is 2.54. The molecule has 0 aromatic heterocycles. The summed E-state index contributed by atoms with van der Waals surface area (Å²) in [6.07, 6.45) is 5.09. The number of hydrogen-bond donors (Lipinski definition) is 0. The molecule has 2 fully saturated rings. The number of likely N-dealkylation sites (N-methyl/N-ethyl adjacent to an activating group) is 1. The summed E-state index contributed by atoms with van der Waals surface area (Å²) in [6, 6.07) is 16.7. The maximum absolute atomic E-state index is 6.52. The molecule has 2 heterocycles. The molecule has 0 saturated carbocycles. The molecule has 2 aromatic rings. The zero-order valence-corrected chi connectivity index (χ0v) is 17.9. The zero-order valence-electron chi connectivity index (χ0n) is 17.9. The molecule has 5 rings (SSSR count). The van der Waals surface area contributed by atoms with E-state index in [0.717, 1.165) is 37.3 Å². The van der Waals surface area contributed by atoms with Crippen molar-refractivity contribution in [2.45, 2.75) is 36.6 Å². The molecule has 30 heavy (non-hydrogen) atoms.